The number of aliphatic hydroxyl groups is 1. The Morgan fingerprint density at radius 2 is 1.90 bits per heavy atom. The highest BCUT2D eigenvalue weighted by Gasteiger charge is 2.39. The molecule has 4 aromatic rings. The smallest absolute Gasteiger partial charge is 0.383 e. The van der Waals surface area contributed by atoms with Crippen LogP contribution in [-0.4, -0.2) is 72.7 Å². The molecular weight excluding hydrogens is 562 g/mol. The number of hydrogen-bond donors (Lipinski definition) is 2. The average molecular weight is 584 g/mol. The number of methoxy groups -OCH3 is 1. The van der Waals surface area contributed by atoms with Crippen LogP contribution >= 0.6 is 11.6 Å². The number of alkyl halides is 3. The van der Waals surface area contributed by atoms with Crippen molar-refractivity contribution in [2.45, 2.75) is 25.4 Å². The lowest BCUT2D eigenvalue weighted by Gasteiger charge is -2.15. The molecule has 212 valence electrons. The van der Waals surface area contributed by atoms with Crippen molar-refractivity contribution in [3.8, 4) is 17.1 Å². The van der Waals surface area contributed by atoms with Gasteiger partial charge in [-0.3, -0.25) is 9.36 Å². The number of ether oxygens (including phenoxy) is 1. The van der Waals surface area contributed by atoms with E-state index in [2.05, 4.69) is 20.5 Å². The molecule has 0 aliphatic carbocycles. The van der Waals surface area contributed by atoms with E-state index in [1.54, 1.807) is 0 Å². The molecule has 0 aliphatic rings. The van der Waals surface area contributed by atoms with E-state index >= 15 is 0 Å². The highest BCUT2D eigenvalue weighted by atomic mass is 35.5. The molecule has 4 rings (SSSR count). The Kier molecular flexibility index (Phi) is 8.66. The highest BCUT2D eigenvalue weighted by Crippen LogP contribution is 2.24. The van der Waals surface area contributed by atoms with Crippen LogP contribution in [0.3, 0.4) is 0 Å². The summed E-state index contributed by atoms with van der Waals surface area (Å²) in [6, 6.07) is 11.0. The third-order valence-corrected chi connectivity index (χ3v) is 5.80. The van der Waals surface area contributed by atoms with Crippen LogP contribution in [0.15, 0.2) is 53.3 Å². The molecule has 0 saturated carbocycles. The molecule has 2 heterocycles. The van der Waals surface area contributed by atoms with E-state index in [1.807, 2.05) is 0 Å². The summed E-state index contributed by atoms with van der Waals surface area (Å²) in [6.07, 6.45) is -7.84. The first-order valence-corrected chi connectivity index (χ1v) is 12.0. The Balaban J connectivity index is 1.75. The molecule has 0 bridgehead atoms. The third-order valence-electron chi connectivity index (χ3n) is 5.55. The summed E-state index contributed by atoms with van der Waals surface area (Å²) in [4.78, 5) is 30.1. The molecule has 11 nitrogen and oxygen atoms in total. The fourth-order valence-electron chi connectivity index (χ4n) is 3.63. The summed E-state index contributed by atoms with van der Waals surface area (Å²) >= 11 is 5.90. The predicted molar refractivity (Wildman–Crippen MR) is 134 cm³/mol. The van der Waals surface area contributed by atoms with Gasteiger partial charge in [0.25, 0.3) is 5.91 Å². The number of nitrogens with zero attached hydrogens (tertiary/aromatic N) is 6. The summed E-state index contributed by atoms with van der Waals surface area (Å²) in [7, 11) is 1.45. The zero-order valence-corrected chi connectivity index (χ0v) is 21.5. The molecule has 2 N–H and O–H groups in total. The van der Waals surface area contributed by atoms with E-state index in [0.717, 1.165) is 15.4 Å². The average Bonchev–Trinajstić information content (AvgIpc) is 3.46. The molecule has 16 heteroatoms. The minimum Gasteiger partial charge on any atom is -0.383 e. The molecule has 0 saturated heterocycles. The maximum atomic E-state index is 13.9. The van der Waals surface area contributed by atoms with Gasteiger partial charge in [-0.25, -0.2) is 23.5 Å². The molecular formula is C24H22ClF4N7O4. The minimum absolute atomic E-state index is 0.119. The highest BCUT2D eigenvalue weighted by molar-refractivity contribution is 6.30. The molecule has 0 fully saturated rings. The van der Waals surface area contributed by atoms with E-state index in [9.17, 15) is 32.3 Å². The number of carbonyl (C=O) groups excluding carboxylic acids is 1. The van der Waals surface area contributed by atoms with Gasteiger partial charge in [-0.05, 0) is 42.5 Å². The van der Waals surface area contributed by atoms with Crippen molar-refractivity contribution in [2.75, 3.05) is 20.3 Å². The maximum absolute atomic E-state index is 13.9. The lowest BCUT2D eigenvalue weighted by Crippen LogP contribution is -2.37. The maximum Gasteiger partial charge on any atom is 0.416 e. The fourth-order valence-corrected chi connectivity index (χ4v) is 3.76. The van der Waals surface area contributed by atoms with Crippen LogP contribution in [-0.2, 0) is 17.8 Å². The molecule has 0 radical (unpaired) electrons. The molecule has 0 aliphatic heterocycles. The van der Waals surface area contributed by atoms with Gasteiger partial charge < -0.3 is 15.2 Å². The van der Waals surface area contributed by atoms with Crippen molar-refractivity contribution in [1.29, 1.82) is 0 Å². The lowest BCUT2D eigenvalue weighted by molar-refractivity contribution is -0.207. The standard InChI is InChI=1S/C24H22ClF4N7O4/c1-40-10-9-30-22(38)21-31-19(32-36(21)17-4-2-3-16(26)11-17)13-35-23(39)34(12-18(37)24(27,28)29)20(33-35)14-5-7-15(25)8-6-14/h2-8,11,18,37H,9-10,12-13H2,1H3,(H,30,38)/t18-/m0/s1. The van der Waals surface area contributed by atoms with E-state index in [1.165, 1.54) is 49.6 Å². The van der Waals surface area contributed by atoms with E-state index in [4.69, 9.17) is 16.3 Å². The largest absolute Gasteiger partial charge is 0.416 e. The zero-order valence-electron chi connectivity index (χ0n) is 20.8. The number of carbonyl (C=O) groups is 1. The Morgan fingerprint density at radius 3 is 2.55 bits per heavy atom. The van der Waals surface area contributed by atoms with Crippen LogP contribution in [0.2, 0.25) is 5.02 Å². The van der Waals surface area contributed by atoms with Crippen LogP contribution in [0.4, 0.5) is 17.6 Å². The Morgan fingerprint density at radius 1 is 1.18 bits per heavy atom. The second-order valence-corrected chi connectivity index (χ2v) is 8.87. The number of aromatic nitrogens is 6. The molecule has 1 amide bonds. The van der Waals surface area contributed by atoms with Gasteiger partial charge in [0, 0.05) is 24.2 Å². The second kappa shape index (κ2) is 12.0. The van der Waals surface area contributed by atoms with Crippen LogP contribution in [0.1, 0.15) is 16.4 Å². The van der Waals surface area contributed by atoms with E-state index in [-0.39, 0.29) is 41.9 Å². The van der Waals surface area contributed by atoms with Gasteiger partial charge in [0.2, 0.25) is 5.82 Å². The Hall–Kier alpha value is -4.08. The Bertz CT molecular complexity index is 1550. The summed E-state index contributed by atoms with van der Waals surface area (Å²) in [5, 5.41) is 21.0. The van der Waals surface area contributed by atoms with Gasteiger partial charge in [-0.1, -0.05) is 17.7 Å². The van der Waals surface area contributed by atoms with E-state index in [0.29, 0.717) is 9.59 Å². The van der Waals surface area contributed by atoms with Gasteiger partial charge in [-0.15, -0.1) is 10.2 Å². The van der Waals surface area contributed by atoms with Gasteiger partial charge in [-0.2, -0.15) is 13.2 Å². The van der Waals surface area contributed by atoms with Crippen molar-refractivity contribution in [3.63, 3.8) is 0 Å². The molecule has 0 unspecified atom stereocenters. The monoisotopic (exact) mass is 583 g/mol. The summed E-state index contributed by atoms with van der Waals surface area (Å²) in [6.45, 7) is -1.25. The normalized spacial score (nSPS) is 12.5. The lowest BCUT2D eigenvalue weighted by atomic mass is 10.2. The van der Waals surface area contributed by atoms with Crippen LogP contribution in [0, 0.1) is 5.82 Å². The van der Waals surface area contributed by atoms with E-state index < -0.39 is 42.8 Å². The Labute approximate surface area is 228 Å². The summed E-state index contributed by atoms with van der Waals surface area (Å²) in [5.74, 6) is -1.81. The topological polar surface area (TPSA) is 129 Å². The SMILES string of the molecule is COCCNC(=O)c1nc(Cn2nc(-c3ccc(Cl)cc3)n(C[C@H](O)C(F)(F)F)c2=O)nn1-c1cccc(F)c1. The number of nitrogens with one attached hydrogen (secondary N) is 1. The minimum atomic E-state index is -4.99. The number of amides is 1. The van der Waals surface area contributed by atoms with Gasteiger partial charge in [0.05, 0.1) is 18.8 Å². The zero-order chi connectivity index (χ0) is 29.0. The van der Waals surface area contributed by atoms with Crippen LogP contribution in [0.25, 0.3) is 17.1 Å². The number of rotatable bonds is 10. The number of hydrogen-bond acceptors (Lipinski definition) is 7. The van der Waals surface area contributed by atoms with Crippen LogP contribution < -0.4 is 11.0 Å². The first kappa shape index (κ1) is 28.9. The molecule has 0 spiro atoms. The number of aliphatic hydroxyl groups excluding tert-OH is 1. The van der Waals surface area contributed by atoms with Crippen molar-refractivity contribution < 1.29 is 32.2 Å². The van der Waals surface area contributed by atoms with Crippen molar-refractivity contribution in [2.24, 2.45) is 0 Å². The second-order valence-electron chi connectivity index (χ2n) is 8.43. The van der Waals surface area contributed by atoms with Crippen molar-refractivity contribution in [3.05, 3.63) is 81.5 Å². The van der Waals surface area contributed by atoms with Crippen LogP contribution in [0.5, 0.6) is 0 Å². The van der Waals surface area contributed by atoms with Crippen molar-refractivity contribution in [1.82, 2.24) is 34.4 Å². The predicted octanol–water partition coefficient (Wildman–Crippen LogP) is 2.43. The van der Waals surface area contributed by atoms with Gasteiger partial charge >= 0.3 is 11.9 Å². The molecule has 2 aromatic heterocycles. The third kappa shape index (κ3) is 6.55. The fraction of sp³-hybridized carbons (Fsp3) is 0.292. The number of benzene rings is 2. The first-order valence-electron chi connectivity index (χ1n) is 11.6. The quantitative estimate of drug-likeness (QED) is 0.217. The molecule has 2 aromatic carbocycles. The molecule has 1 atom stereocenters. The van der Waals surface area contributed by atoms with Gasteiger partial charge in [0.1, 0.15) is 12.4 Å². The van der Waals surface area contributed by atoms with Crippen molar-refractivity contribution >= 4 is 17.5 Å². The molecule has 40 heavy (non-hydrogen) atoms. The van der Waals surface area contributed by atoms with Gasteiger partial charge in [0.15, 0.2) is 17.8 Å². The summed E-state index contributed by atoms with van der Waals surface area (Å²) < 4.78 is 60.7. The first-order chi connectivity index (χ1) is 19.0. The number of halogens is 5. The summed E-state index contributed by atoms with van der Waals surface area (Å²) in [5.41, 5.74) is -0.587.